The molecule has 0 aromatic carbocycles. The van der Waals surface area contributed by atoms with E-state index in [9.17, 15) is 10.1 Å². The molecule has 25 heavy (non-hydrogen) atoms. The van der Waals surface area contributed by atoms with Gasteiger partial charge in [-0.1, -0.05) is 33.8 Å². The number of pyridine rings is 1. The van der Waals surface area contributed by atoms with Gasteiger partial charge in [0.15, 0.2) is 0 Å². The Bertz CT molecular complexity index is 576. The van der Waals surface area contributed by atoms with Crippen LogP contribution in [0.2, 0.25) is 0 Å². The summed E-state index contributed by atoms with van der Waals surface area (Å²) in [6.07, 6.45) is 5.62. The Balaban J connectivity index is 2.07. The van der Waals surface area contributed by atoms with Gasteiger partial charge in [0.1, 0.15) is 5.03 Å². The fraction of sp³-hybridized carbons (Fsp3) is 0.737. The van der Waals surface area contributed by atoms with Gasteiger partial charge < -0.3 is 4.74 Å². The average molecular weight is 367 g/mol. The van der Waals surface area contributed by atoms with Crippen LogP contribution in [0, 0.1) is 21.4 Å². The van der Waals surface area contributed by atoms with Crippen molar-refractivity contribution in [1.29, 1.82) is 0 Å². The molecule has 5 nitrogen and oxygen atoms in total. The second-order valence-electron chi connectivity index (χ2n) is 8.34. The van der Waals surface area contributed by atoms with Crippen molar-refractivity contribution in [2.75, 3.05) is 0 Å². The number of ether oxygens (including phenoxy) is 1. The van der Waals surface area contributed by atoms with Crippen LogP contribution in [0.25, 0.3) is 0 Å². The minimum atomic E-state index is -1.11. The highest BCUT2D eigenvalue weighted by atomic mass is 32.2. The summed E-state index contributed by atoms with van der Waals surface area (Å²) in [5, 5.41) is 12.5. The Labute approximate surface area is 155 Å². The van der Waals surface area contributed by atoms with Crippen molar-refractivity contribution in [1.82, 2.24) is 4.98 Å². The van der Waals surface area contributed by atoms with Crippen molar-refractivity contribution < 1.29 is 9.66 Å². The van der Waals surface area contributed by atoms with Crippen molar-refractivity contribution in [2.24, 2.45) is 11.3 Å². The molecule has 0 amide bonds. The molecule has 0 N–H and O–H groups in total. The number of aromatic nitrogens is 1. The lowest BCUT2D eigenvalue weighted by Gasteiger charge is -2.40. The van der Waals surface area contributed by atoms with E-state index in [4.69, 9.17) is 4.74 Å². The molecule has 0 bridgehead atoms. The molecule has 0 spiro atoms. The van der Waals surface area contributed by atoms with Gasteiger partial charge >= 0.3 is 0 Å². The Morgan fingerprint density at radius 2 is 2.08 bits per heavy atom. The number of thioether (sulfide) groups is 1. The zero-order valence-electron chi connectivity index (χ0n) is 15.9. The highest BCUT2D eigenvalue weighted by molar-refractivity contribution is 8.00. The summed E-state index contributed by atoms with van der Waals surface area (Å²) in [7, 11) is 0. The molecule has 1 unspecified atom stereocenters. The minimum absolute atomic E-state index is 0.0848. The zero-order valence-corrected chi connectivity index (χ0v) is 16.7. The summed E-state index contributed by atoms with van der Waals surface area (Å²) in [5.41, 5.74) is 0.105. The van der Waals surface area contributed by atoms with E-state index >= 15 is 0 Å². The van der Waals surface area contributed by atoms with Gasteiger partial charge in [0.05, 0.1) is 12.2 Å². The lowest BCUT2D eigenvalue weighted by atomic mass is 9.82. The maximum Gasteiger partial charge on any atom is 0.270 e. The lowest BCUT2D eigenvalue weighted by Crippen LogP contribution is -2.42. The van der Waals surface area contributed by atoms with Gasteiger partial charge in [-0.25, -0.2) is 4.98 Å². The van der Waals surface area contributed by atoms with Crippen LogP contribution >= 0.6 is 11.8 Å². The normalized spacial score (nSPS) is 25.2. The monoisotopic (exact) mass is 366 g/mol. The maximum absolute atomic E-state index is 11.8. The number of nitrogens with zero attached hydrogens (tertiary/aromatic N) is 2. The predicted molar refractivity (Wildman–Crippen MR) is 101 cm³/mol. The van der Waals surface area contributed by atoms with Crippen LogP contribution in [-0.4, -0.2) is 27.0 Å². The van der Waals surface area contributed by atoms with Crippen molar-refractivity contribution in [3.05, 3.63) is 34.5 Å². The molecule has 2 heterocycles. The molecule has 140 valence electrons. The third kappa shape index (κ3) is 5.42. The maximum atomic E-state index is 11.8. The Hall–Kier alpha value is -1.14. The number of rotatable bonds is 6. The minimum Gasteiger partial charge on any atom is -0.374 e. The van der Waals surface area contributed by atoms with Crippen LogP contribution in [0.5, 0.6) is 0 Å². The van der Waals surface area contributed by atoms with Gasteiger partial charge in [0.2, 0.25) is 0 Å². The summed E-state index contributed by atoms with van der Waals surface area (Å²) in [5.74, 6) is 0.122. The van der Waals surface area contributed by atoms with Gasteiger partial charge in [-0.15, -0.1) is 0 Å². The van der Waals surface area contributed by atoms with Crippen molar-refractivity contribution >= 4 is 11.8 Å². The number of hydrogen-bond acceptors (Lipinski definition) is 5. The van der Waals surface area contributed by atoms with E-state index in [2.05, 4.69) is 32.7 Å². The van der Waals surface area contributed by atoms with Crippen LogP contribution in [0.1, 0.15) is 60.3 Å². The van der Waals surface area contributed by atoms with Gasteiger partial charge in [-0.05, 0) is 54.5 Å². The SMILES string of the molecule is C[C@@H](CC(C)(Sc1ccccn1)[N+](=O)[O-])[C@H]1CCC[C@H](C(C)(C)C)O1. The standard InChI is InChI=1S/C19H30N2O3S/c1-14(15-9-8-10-16(24-15)18(2,3)4)13-19(5,21(22)23)25-17-11-6-7-12-20-17/h6-7,11-12,14-16H,8-10,13H2,1-5H3/t14-,15+,16+,19?/m0/s1. The molecule has 2 rings (SSSR count). The van der Waals surface area contributed by atoms with E-state index in [0.717, 1.165) is 19.3 Å². The molecule has 6 heteroatoms. The second kappa shape index (κ2) is 8.04. The Morgan fingerprint density at radius 3 is 2.64 bits per heavy atom. The fourth-order valence-electron chi connectivity index (χ4n) is 3.42. The van der Waals surface area contributed by atoms with Crippen LogP contribution in [0.15, 0.2) is 29.4 Å². The molecule has 0 saturated carbocycles. The summed E-state index contributed by atoms with van der Waals surface area (Å²) in [6.45, 7) is 10.4. The highest BCUT2D eigenvalue weighted by Gasteiger charge is 2.43. The Morgan fingerprint density at radius 1 is 1.36 bits per heavy atom. The first kappa shape index (κ1) is 20.2. The van der Waals surface area contributed by atoms with Crippen LogP contribution < -0.4 is 0 Å². The van der Waals surface area contributed by atoms with E-state index < -0.39 is 4.87 Å². The van der Waals surface area contributed by atoms with Crippen LogP contribution in [0.4, 0.5) is 0 Å². The number of nitro groups is 1. The van der Waals surface area contributed by atoms with E-state index in [1.165, 1.54) is 11.8 Å². The molecule has 1 aliphatic rings. The molecule has 1 aliphatic heterocycles. The first-order valence-corrected chi connectivity index (χ1v) is 9.83. The van der Waals surface area contributed by atoms with Crippen molar-refractivity contribution in [3.63, 3.8) is 0 Å². The summed E-state index contributed by atoms with van der Waals surface area (Å²) < 4.78 is 6.34. The quantitative estimate of drug-likeness (QED) is 0.300. The van der Waals surface area contributed by atoms with Crippen LogP contribution in [-0.2, 0) is 4.74 Å². The molecule has 1 aromatic heterocycles. The second-order valence-corrected chi connectivity index (χ2v) is 9.85. The molecular weight excluding hydrogens is 336 g/mol. The van der Waals surface area contributed by atoms with E-state index in [-0.39, 0.29) is 28.5 Å². The van der Waals surface area contributed by atoms with E-state index in [0.29, 0.717) is 11.4 Å². The van der Waals surface area contributed by atoms with Gasteiger partial charge in [-0.3, -0.25) is 10.1 Å². The van der Waals surface area contributed by atoms with Gasteiger partial charge in [-0.2, -0.15) is 0 Å². The molecule has 0 radical (unpaired) electrons. The van der Waals surface area contributed by atoms with E-state index in [1.54, 1.807) is 13.1 Å². The summed E-state index contributed by atoms with van der Waals surface area (Å²) >= 11 is 1.23. The first-order valence-electron chi connectivity index (χ1n) is 9.02. The Kier molecular flexibility index (Phi) is 6.49. The summed E-state index contributed by atoms with van der Waals surface area (Å²) in [6, 6.07) is 5.50. The molecule has 4 atom stereocenters. The van der Waals surface area contributed by atoms with Crippen molar-refractivity contribution in [2.45, 2.75) is 82.4 Å². The topological polar surface area (TPSA) is 65.3 Å². The third-order valence-corrected chi connectivity index (χ3v) is 6.15. The molecule has 1 saturated heterocycles. The lowest BCUT2D eigenvalue weighted by molar-refractivity contribution is -0.536. The predicted octanol–water partition coefficient (Wildman–Crippen LogP) is 5.18. The molecule has 1 fully saturated rings. The molecular formula is C19H30N2O3S. The molecule has 1 aromatic rings. The van der Waals surface area contributed by atoms with Gasteiger partial charge in [0, 0.05) is 24.5 Å². The highest BCUT2D eigenvalue weighted by Crippen LogP contribution is 2.41. The average Bonchev–Trinajstić information content (AvgIpc) is 2.55. The number of hydrogen-bond donors (Lipinski definition) is 0. The largest absolute Gasteiger partial charge is 0.374 e. The first-order chi connectivity index (χ1) is 11.6. The van der Waals surface area contributed by atoms with Gasteiger partial charge in [0.25, 0.3) is 4.87 Å². The summed E-state index contributed by atoms with van der Waals surface area (Å²) in [4.78, 5) is 14.7. The van der Waals surface area contributed by atoms with E-state index in [1.807, 2.05) is 18.2 Å². The van der Waals surface area contributed by atoms with Crippen molar-refractivity contribution in [3.8, 4) is 0 Å². The smallest absolute Gasteiger partial charge is 0.270 e. The fourth-order valence-corrected chi connectivity index (χ4v) is 4.55. The zero-order chi connectivity index (χ0) is 18.7. The van der Waals surface area contributed by atoms with Crippen LogP contribution in [0.3, 0.4) is 0 Å². The molecule has 0 aliphatic carbocycles. The third-order valence-electron chi connectivity index (χ3n) is 4.94.